The number of amides is 1. The van der Waals surface area contributed by atoms with Crippen molar-refractivity contribution in [1.82, 2.24) is 4.90 Å². The lowest BCUT2D eigenvalue weighted by molar-refractivity contribution is -0.127. The maximum atomic E-state index is 12.4. The number of thioether (sulfide) groups is 1. The standard InChI is InChI=1S/C16H16N2O3S/c1-9-16(19)18-5-4-10-6-12(20-2)13(21-3)7-11(10)15(18)14(8-17)22-9/h6-7,9H,4-5H2,1-3H3. The van der Waals surface area contributed by atoms with Gasteiger partial charge in [-0.3, -0.25) is 4.79 Å². The zero-order valence-electron chi connectivity index (χ0n) is 12.7. The van der Waals surface area contributed by atoms with Gasteiger partial charge in [0.05, 0.1) is 25.2 Å². The molecule has 3 rings (SSSR count). The number of rotatable bonds is 2. The van der Waals surface area contributed by atoms with E-state index in [-0.39, 0.29) is 11.2 Å². The Morgan fingerprint density at radius 1 is 1.32 bits per heavy atom. The first kappa shape index (κ1) is 14.8. The number of hydrogen-bond donors (Lipinski definition) is 0. The molecule has 0 saturated carbocycles. The summed E-state index contributed by atoms with van der Waals surface area (Å²) in [6.07, 6.45) is 0.737. The number of hydrogen-bond acceptors (Lipinski definition) is 5. The highest BCUT2D eigenvalue weighted by atomic mass is 32.2. The molecule has 1 amide bonds. The first-order chi connectivity index (χ1) is 10.6. The van der Waals surface area contributed by atoms with Crippen LogP contribution >= 0.6 is 11.8 Å². The molecule has 1 aromatic rings. The number of nitrogens with zero attached hydrogens (tertiary/aromatic N) is 2. The number of allylic oxidation sites excluding steroid dienone is 1. The second-order valence-electron chi connectivity index (χ2n) is 5.15. The fourth-order valence-corrected chi connectivity index (χ4v) is 3.85. The summed E-state index contributed by atoms with van der Waals surface area (Å²) in [5.74, 6) is 1.32. The third-order valence-electron chi connectivity index (χ3n) is 3.96. The monoisotopic (exact) mass is 316 g/mol. The molecule has 0 radical (unpaired) electrons. The van der Waals surface area contributed by atoms with Crippen LogP contribution in [-0.4, -0.2) is 36.8 Å². The van der Waals surface area contributed by atoms with Crippen molar-refractivity contribution in [3.8, 4) is 17.6 Å². The van der Waals surface area contributed by atoms with E-state index in [1.165, 1.54) is 11.8 Å². The van der Waals surface area contributed by atoms with Crippen LogP contribution in [0.25, 0.3) is 5.70 Å². The molecule has 0 aromatic heterocycles. The number of nitriles is 1. The van der Waals surface area contributed by atoms with Gasteiger partial charge >= 0.3 is 0 Å². The molecule has 1 aromatic carbocycles. The summed E-state index contributed by atoms with van der Waals surface area (Å²) in [5, 5.41) is 9.24. The highest BCUT2D eigenvalue weighted by Gasteiger charge is 2.37. The number of carbonyl (C=O) groups excluding carboxylic acids is 1. The van der Waals surface area contributed by atoms with E-state index in [2.05, 4.69) is 6.07 Å². The third kappa shape index (κ3) is 2.13. The molecule has 0 saturated heterocycles. The van der Waals surface area contributed by atoms with Gasteiger partial charge < -0.3 is 14.4 Å². The van der Waals surface area contributed by atoms with Gasteiger partial charge in [0.2, 0.25) is 5.91 Å². The van der Waals surface area contributed by atoms with Crippen LogP contribution in [0, 0.1) is 11.3 Å². The molecule has 0 N–H and O–H groups in total. The maximum absolute atomic E-state index is 12.4. The lowest BCUT2D eigenvalue weighted by Gasteiger charge is -2.37. The fourth-order valence-electron chi connectivity index (χ4n) is 2.88. The van der Waals surface area contributed by atoms with Crippen molar-refractivity contribution in [1.29, 1.82) is 5.26 Å². The highest BCUT2D eigenvalue weighted by molar-refractivity contribution is 8.04. The topological polar surface area (TPSA) is 62.6 Å². The van der Waals surface area contributed by atoms with Gasteiger partial charge in [-0.15, -0.1) is 0 Å². The lowest BCUT2D eigenvalue weighted by Crippen LogP contribution is -2.42. The van der Waals surface area contributed by atoms with Crippen molar-refractivity contribution in [2.45, 2.75) is 18.6 Å². The van der Waals surface area contributed by atoms with Crippen molar-refractivity contribution < 1.29 is 14.3 Å². The first-order valence-corrected chi connectivity index (χ1v) is 7.86. The lowest BCUT2D eigenvalue weighted by atomic mass is 9.94. The van der Waals surface area contributed by atoms with Gasteiger partial charge in [0, 0.05) is 12.1 Å². The number of methoxy groups -OCH3 is 2. The average Bonchev–Trinajstić information content (AvgIpc) is 2.55. The summed E-state index contributed by atoms with van der Waals surface area (Å²) in [5.41, 5.74) is 2.66. The van der Waals surface area contributed by atoms with E-state index >= 15 is 0 Å². The Hall–Kier alpha value is -2.13. The molecule has 1 atom stereocenters. The summed E-state index contributed by atoms with van der Waals surface area (Å²) >= 11 is 1.32. The van der Waals surface area contributed by atoms with E-state index in [0.717, 1.165) is 17.5 Å². The van der Waals surface area contributed by atoms with Crippen LogP contribution in [0.1, 0.15) is 18.1 Å². The molecule has 2 aliphatic heterocycles. The molecule has 0 fully saturated rings. The summed E-state index contributed by atoms with van der Waals surface area (Å²) in [6.45, 7) is 2.43. The molecular weight excluding hydrogens is 300 g/mol. The minimum absolute atomic E-state index is 0.0550. The third-order valence-corrected chi connectivity index (χ3v) is 5.04. The van der Waals surface area contributed by atoms with Crippen LogP contribution in [0.15, 0.2) is 17.0 Å². The molecule has 2 heterocycles. The number of carbonyl (C=O) groups is 1. The van der Waals surface area contributed by atoms with Gasteiger partial charge in [0.15, 0.2) is 11.5 Å². The van der Waals surface area contributed by atoms with Crippen LogP contribution in [0.2, 0.25) is 0 Å². The Balaban J connectivity index is 2.23. The normalized spacial score (nSPS) is 20.2. The van der Waals surface area contributed by atoms with E-state index in [1.807, 2.05) is 19.1 Å². The van der Waals surface area contributed by atoms with Crippen molar-refractivity contribution in [3.05, 3.63) is 28.2 Å². The predicted molar refractivity (Wildman–Crippen MR) is 84.5 cm³/mol. The van der Waals surface area contributed by atoms with Crippen molar-refractivity contribution >= 4 is 23.4 Å². The Labute approximate surface area is 133 Å². The summed E-state index contributed by atoms with van der Waals surface area (Å²) in [7, 11) is 3.17. The molecule has 6 heteroatoms. The summed E-state index contributed by atoms with van der Waals surface area (Å²) in [6, 6.07) is 6.03. The van der Waals surface area contributed by atoms with Crippen LogP contribution in [-0.2, 0) is 11.2 Å². The minimum Gasteiger partial charge on any atom is -0.493 e. The van der Waals surface area contributed by atoms with Crippen LogP contribution in [0.4, 0.5) is 0 Å². The van der Waals surface area contributed by atoms with Crippen LogP contribution in [0.3, 0.4) is 0 Å². The quantitative estimate of drug-likeness (QED) is 0.838. The summed E-state index contributed by atoms with van der Waals surface area (Å²) < 4.78 is 10.7. The van der Waals surface area contributed by atoms with E-state index in [9.17, 15) is 10.1 Å². The molecule has 1 unspecified atom stereocenters. The highest BCUT2D eigenvalue weighted by Crippen LogP contribution is 2.44. The predicted octanol–water partition coefficient (Wildman–Crippen LogP) is 2.42. The van der Waals surface area contributed by atoms with Gasteiger partial charge in [-0.05, 0) is 31.0 Å². The molecule has 5 nitrogen and oxygen atoms in total. The van der Waals surface area contributed by atoms with Gasteiger partial charge in [-0.1, -0.05) is 11.8 Å². The van der Waals surface area contributed by atoms with Crippen molar-refractivity contribution in [2.75, 3.05) is 20.8 Å². The van der Waals surface area contributed by atoms with E-state index in [0.29, 0.717) is 28.6 Å². The number of ether oxygens (including phenoxy) is 2. The molecular formula is C16H16N2O3S. The average molecular weight is 316 g/mol. The number of benzene rings is 1. The van der Waals surface area contributed by atoms with Crippen LogP contribution in [0.5, 0.6) is 11.5 Å². The van der Waals surface area contributed by atoms with E-state index in [4.69, 9.17) is 9.47 Å². The zero-order chi connectivity index (χ0) is 15.9. The van der Waals surface area contributed by atoms with Crippen molar-refractivity contribution in [3.63, 3.8) is 0 Å². The largest absolute Gasteiger partial charge is 0.493 e. The maximum Gasteiger partial charge on any atom is 0.240 e. The van der Waals surface area contributed by atoms with E-state index < -0.39 is 0 Å². The van der Waals surface area contributed by atoms with Crippen LogP contribution < -0.4 is 9.47 Å². The number of fused-ring (bicyclic) bond motifs is 3. The zero-order valence-corrected chi connectivity index (χ0v) is 13.5. The molecule has 114 valence electrons. The molecule has 2 aliphatic rings. The van der Waals surface area contributed by atoms with Gasteiger partial charge in [0.25, 0.3) is 0 Å². The Morgan fingerprint density at radius 3 is 2.64 bits per heavy atom. The minimum atomic E-state index is -0.222. The van der Waals surface area contributed by atoms with E-state index in [1.54, 1.807) is 19.1 Å². The Bertz CT molecular complexity index is 721. The van der Waals surface area contributed by atoms with Gasteiger partial charge in [0.1, 0.15) is 11.0 Å². The SMILES string of the molecule is COc1cc2c(cc1OC)C1=C(C#N)SC(C)C(=O)N1CC2. The molecule has 0 aliphatic carbocycles. The molecule has 0 spiro atoms. The Morgan fingerprint density at radius 2 is 2.00 bits per heavy atom. The summed E-state index contributed by atoms with van der Waals surface area (Å²) in [4.78, 5) is 14.7. The first-order valence-electron chi connectivity index (χ1n) is 6.98. The molecule has 0 bridgehead atoms. The molecule has 22 heavy (non-hydrogen) atoms. The second kappa shape index (κ2) is 5.58. The van der Waals surface area contributed by atoms with Crippen molar-refractivity contribution in [2.24, 2.45) is 0 Å². The van der Waals surface area contributed by atoms with Gasteiger partial charge in [-0.25, -0.2) is 0 Å². The fraction of sp³-hybridized carbons (Fsp3) is 0.375. The second-order valence-corrected chi connectivity index (χ2v) is 6.50. The van der Waals surface area contributed by atoms with Gasteiger partial charge in [-0.2, -0.15) is 5.26 Å². The smallest absolute Gasteiger partial charge is 0.240 e. The Kier molecular flexibility index (Phi) is 3.75.